The van der Waals surface area contributed by atoms with E-state index in [-0.39, 0.29) is 26.5 Å². The van der Waals surface area contributed by atoms with Gasteiger partial charge in [-0.3, -0.25) is 0 Å². The summed E-state index contributed by atoms with van der Waals surface area (Å²) < 4.78 is 27.7. The molecule has 1 heterocycles. The molecule has 2 atom stereocenters. The monoisotopic (exact) mass is 413 g/mol. The van der Waals surface area contributed by atoms with Crippen LogP contribution in [0.5, 0.6) is 0 Å². The third-order valence-corrected chi connectivity index (χ3v) is 5.07. The van der Waals surface area contributed by atoms with Crippen LogP contribution in [0.2, 0.25) is 0 Å². The number of alkyl halides is 3. The van der Waals surface area contributed by atoms with Gasteiger partial charge in [0.25, 0.3) is 5.17 Å². The van der Waals surface area contributed by atoms with E-state index in [2.05, 4.69) is 37.2 Å². The lowest BCUT2D eigenvalue weighted by molar-refractivity contribution is 0.315. The maximum atomic E-state index is 11.3. The molecule has 1 saturated heterocycles. The predicted octanol–water partition coefficient (Wildman–Crippen LogP) is 1.40. The minimum atomic E-state index is -3.05. The number of halogens is 3. The van der Waals surface area contributed by atoms with Gasteiger partial charge in [0.15, 0.2) is 9.84 Å². The van der Waals surface area contributed by atoms with Crippen LogP contribution in [0, 0.1) is 0 Å². The van der Waals surface area contributed by atoms with Gasteiger partial charge < -0.3 is 10.1 Å². The number of hydrogen-bond acceptors (Lipinski definition) is 4. The van der Waals surface area contributed by atoms with Crippen LogP contribution in [-0.2, 0) is 14.6 Å². The van der Waals surface area contributed by atoms with Crippen LogP contribution in [0.4, 0.5) is 0 Å². The van der Waals surface area contributed by atoms with Crippen LogP contribution in [0.3, 0.4) is 0 Å². The van der Waals surface area contributed by atoms with E-state index in [1.807, 2.05) is 0 Å². The van der Waals surface area contributed by atoms with E-state index in [9.17, 15) is 8.42 Å². The quantitative estimate of drug-likeness (QED) is 0.558. The van der Waals surface area contributed by atoms with Crippen molar-refractivity contribution in [3.05, 3.63) is 0 Å². The topological polar surface area (TPSA) is 55.4 Å². The fraction of sp³-hybridized carbons (Fsp3) is 0.857. The van der Waals surface area contributed by atoms with Gasteiger partial charge in [0.05, 0.1) is 22.9 Å². The zero-order valence-corrected chi connectivity index (χ0v) is 13.6. The molecule has 1 aliphatic rings. The van der Waals surface area contributed by atoms with Crippen molar-refractivity contribution in [1.82, 2.24) is 5.32 Å². The molecule has 1 fully saturated rings. The highest BCUT2D eigenvalue weighted by Crippen LogP contribution is 2.18. The molecule has 1 aliphatic heterocycles. The standard InChI is InChI=1S/C7H10Br2ClNO3S2/c8-6(9)1-14-7(15)11-5-3-16(12,13)2-4(5)10/h4-6H,1-3H2,(H,11,15)/t4-,5+/m0/s1. The summed E-state index contributed by atoms with van der Waals surface area (Å²) in [5.41, 5.74) is 0. The lowest BCUT2D eigenvalue weighted by Crippen LogP contribution is -2.41. The van der Waals surface area contributed by atoms with Gasteiger partial charge in [-0.15, -0.1) is 11.6 Å². The molecule has 0 spiro atoms. The molecule has 9 heteroatoms. The summed E-state index contributed by atoms with van der Waals surface area (Å²) in [6.45, 7) is 0.345. The average Bonchev–Trinajstić information content (AvgIpc) is 2.36. The van der Waals surface area contributed by atoms with Gasteiger partial charge in [0.2, 0.25) is 0 Å². The summed E-state index contributed by atoms with van der Waals surface area (Å²) in [6, 6.07) is -0.372. The third kappa shape index (κ3) is 5.03. The number of thiocarbonyl (C=S) groups is 1. The minimum absolute atomic E-state index is 0.00106. The summed E-state index contributed by atoms with van der Waals surface area (Å²) in [6.07, 6.45) is 0. The highest BCUT2D eigenvalue weighted by molar-refractivity contribution is 9.24. The second-order valence-electron chi connectivity index (χ2n) is 3.33. The Labute approximate surface area is 122 Å². The van der Waals surface area contributed by atoms with E-state index in [0.717, 1.165) is 0 Å². The Hall–Kier alpha value is 0.890. The van der Waals surface area contributed by atoms with Crippen molar-refractivity contribution in [3.63, 3.8) is 0 Å². The van der Waals surface area contributed by atoms with Gasteiger partial charge in [-0.05, 0) is 12.2 Å². The van der Waals surface area contributed by atoms with Crippen molar-refractivity contribution in [2.45, 2.75) is 15.2 Å². The van der Waals surface area contributed by atoms with Crippen LogP contribution in [-0.4, -0.2) is 46.9 Å². The molecule has 1 N–H and O–H groups in total. The summed E-state index contributed by atoms with van der Waals surface area (Å²) in [5.74, 6) is -0.0227. The number of hydrogen-bond donors (Lipinski definition) is 1. The van der Waals surface area contributed by atoms with Crippen LogP contribution >= 0.6 is 55.7 Å². The summed E-state index contributed by atoms with van der Waals surface area (Å²) in [5, 5.41) is 2.50. The Kier molecular flexibility index (Phi) is 5.77. The largest absolute Gasteiger partial charge is 0.469 e. The third-order valence-electron chi connectivity index (χ3n) is 1.93. The van der Waals surface area contributed by atoms with Crippen molar-refractivity contribution in [1.29, 1.82) is 0 Å². The van der Waals surface area contributed by atoms with Crippen molar-refractivity contribution < 1.29 is 13.2 Å². The normalized spacial score (nSPS) is 28.0. The Morgan fingerprint density at radius 2 is 2.19 bits per heavy atom. The number of sulfone groups is 1. The fourth-order valence-corrected chi connectivity index (χ4v) is 4.30. The SMILES string of the molecule is O=S1(=O)C[C@H](Cl)[C@H](NC(=S)OCC(Br)Br)C1. The first-order chi connectivity index (χ1) is 7.30. The lowest BCUT2D eigenvalue weighted by atomic mass is 10.3. The predicted molar refractivity (Wildman–Crippen MR) is 75.4 cm³/mol. The Morgan fingerprint density at radius 3 is 2.62 bits per heavy atom. The van der Waals surface area contributed by atoms with E-state index in [0.29, 0.717) is 6.61 Å². The molecule has 0 bridgehead atoms. The number of nitrogens with one attached hydrogen (secondary N) is 1. The van der Waals surface area contributed by atoms with Gasteiger partial charge in [0, 0.05) is 0 Å². The van der Waals surface area contributed by atoms with Crippen LogP contribution in [0.1, 0.15) is 0 Å². The molecule has 4 nitrogen and oxygen atoms in total. The Balaban J connectivity index is 2.40. The molecule has 0 unspecified atom stereocenters. The number of ether oxygens (including phenoxy) is 1. The second-order valence-corrected chi connectivity index (χ2v) is 9.86. The molecule has 0 aromatic heterocycles. The molecule has 1 rings (SSSR count). The van der Waals surface area contributed by atoms with Crippen molar-refractivity contribution in [2.75, 3.05) is 18.1 Å². The summed E-state index contributed by atoms with van der Waals surface area (Å²) >= 11 is 17.3. The molecule has 0 aromatic carbocycles. The molecule has 0 radical (unpaired) electrons. The molecule has 0 amide bonds. The van der Waals surface area contributed by atoms with E-state index in [4.69, 9.17) is 28.6 Å². The van der Waals surface area contributed by atoms with Gasteiger partial charge >= 0.3 is 0 Å². The van der Waals surface area contributed by atoms with Crippen LogP contribution in [0.15, 0.2) is 0 Å². The van der Waals surface area contributed by atoms with Gasteiger partial charge in [-0.2, -0.15) is 0 Å². The van der Waals surface area contributed by atoms with E-state index >= 15 is 0 Å². The van der Waals surface area contributed by atoms with Crippen LogP contribution < -0.4 is 5.32 Å². The van der Waals surface area contributed by atoms with E-state index in [1.165, 1.54) is 0 Å². The van der Waals surface area contributed by atoms with Crippen LogP contribution in [0.25, 0.3) is 0 Å². The lowest BCUT2D eigenvalue weighted by Gasteiger charge is -2.16. The van der Waals surface area contributed by atoms with Gasteiger partial charge in [-0.25, -0.2) is 8.42 Å². The molecular formula is C7H10Br2ClNO3S2. The first-order valence-corrected chi connectivity index (χ1v) is 8.86. The fourth-order valence-electron chi connectivity index (χ4n) is 1.27. The molecule has 16 heavy (non-hydrogen) atoms. The van der Waals surface area contributed by atoms with Gasteiger partial charge in [0.1, 0.15) is 10.3 Å². The zero-order valence-electron chi connectivity index (χ0n) is 8.03. The van der Waals surface area contributed by atoms with Crippen molar-refractivity contribution in [2.24, 2.45) is 0 Å². The second kappa shape index (κ2) is 6.17. The molecule has 0 aliphatic carbocycles. The van der Waals surface area contributed by atoms with Crippen molar-refractivity contribution >= 4 is 70.7 Å². The van der Waals surface area contributed by atoms with Crippen molar-refractivity contribution in [3.8, 4) is 0 Å². The molecule has 0 saturated carbocycles. The first kappa shape index (κ1) is 14.9. The first-order valence-electron chi connectivity index (χ1n) is 4.36. The number of rotatable bonds is 3. The molecule has 94 valence electrons. The van der Waals surface area contributed by atoms with E-state index < -0.39 is 15.2 Å². The highest BCUT2D eigenvalue weighted by Gasteiger charge is 2.36. The minimum Gasteiger partial charge on any atom is -0.469 e. The molecular weight excluding hydrogens is 405 g/mol. The van der Waals surface area contributed by atoms with E-state index in [1.54, 1.807) is 0 Å². The zero-order chi connectivity index (χ0) is 12.3. The maximum absolute atomic E-state index is 11.3. The molecule has 0 aromatic rings. The smallest absolute Gasteiger partial charge is 0.256 e. The summed E-state index contributed by atoms with van der Waals surface area (Å²) in [4.78, 5) is 0. The summed E-state index contributed by atoms with van der Waals surface area (Å²) in [7, 11) is -3.05. The average molecular weight is 416 g/mol. The van der Waals surface area contributed by atoms with Gasteiger partial charge in [-0.1, -0.05) is 31.9 Å². The highest BCUT2D eigenvalue weighted by atomic mass is 79.9. The Morgan fingerprint density at radius 1 is 1.56 bits per heavy atom. The Bertz CT molecular complexity index is 363. The maximum Gasteiger partial charge on any atom is 0.256 e.